The van der Waals surface area contributed by atoms with Crippen LogP contribution < -0.4 is 0 Å². The van der Waals surface area contributed by atoms with Crippen molar-refractivity contribution in [1.82, 2.24) is 0 Å². The molecule has 0 bridgehead atoms. The van der Waals surface area contributed by atoms with Crippen LogP contribution in [-0.2, 0) is 9.84 Å². The van der Waals surface area contributed by atoms with Crippen LogP contribution in [0.25, 0.3) is 0 Å². The Labute approximate surface area is 111 Å². The number of hydrogen-bond acceptors (Lipinski definition) is 4. The second-order valence-electron chi connectivity index (χ2n) is 3.77. The molecule has 0 amide bonds. The number of aromatic carboxylic acids is 1. The number of rotatable bonds is 7. The number of hydrogen-bond donors (Lipinski definition) is 1. The van der Waals surface area contributed by atoms with Crippen LogP contribution in [0.1, 0.15) is 23.7 Å². The Morgan fingerprint density at radius 2 is 2.11 bits per heavy atom. The van der Waals surface area contributed by atoms with Gasteiger partial charge in [-0.2, -0.15) is 0 Å². The van der Waals surface area contributed by atoms with Crippen molar-refractivity contribution in [2.45, 2.75) is 18.2 Å². The molecule has 0 heterocycles. The third-order valence-electron chi connectivity index (χ3n) is 2.39. The minimum atomic E-state index is -2.90. The summed E-state index contributed by atoms with van der Waals surface area (Å²) in [4.78, 5) is 11.6. The standard InChI is InChI=1S/C12H16O4S2/c1-2-18(15,16)8-4-7-17-11-6-3-5-10(9-11)12(13)14/h3,5-6,9H,2,4,7-8H2,1H3,(H,13,14). The zero-order chi connectivity index (χ0) is 13.6. The fraction of sp³-hybridized carbons (Fsp3) is 0.417. The van der Waals surface area contributed by atoms with E-state index < -0.39 is 15.8 Å². The van der Waals surface area contributed by atoms with Crippen molar-refractivity contribution in [2.75, 3.05) is 17.3 Å². The number of carbonyl (C=O) groups is 1. The summed E-state index contributed by atoms with van der Waals surface area (Å²) in [7, 11) is -2.90. The molecule has 0 fully saturated rings. The highest BCUT2D eigenvalue weighted by Crippen LogP contribution is 2.20. The maximum atomic E-state index is 11.3. The van der Waals surface area contributed by atoms with Gasteiger partial charge in [0.05, 0.1) is 11.3 Å². The molecule has 6 heteroatoms. The smallest absolute Gasteiger partial charge is 0.335 e. The first-order chi connectivity index (χ1) is 8.44. The molecule has 0 aliphatic heterocycles. The van der Waals surface area contributed by atoms with E-state index in [1.165, 1.54) is 17.8 Å². The monoisotopic (exact) mass is 288 g/mol. The summed E-state index contributed by atoms with van der Waals surface area (Å²) in [5.41, 5.74) is 0.251. The molecule has 100 valence electrons. The largest absolute Gasteiger partial charge is 0.478 e. The zero-order valence-electron chi connectivity index (χ0n) is 10.1. The molecule has 0 unspecified atom stereocenters. The van der Waals surface area contributed by atoms with E-state index in [1.807, 2.05) is 6.07 Å². The van der Waals surface area contributed by atoms with E-state index in [9.17, 15) is 13.2 Å². The highest BCUT2D eigenvalue weighted by molar-refractivity contribution is 7.99. The van der Waals surface area contributed by atoms with Crippen molar-refractivity contribution in [3.05, 3.63) is 29.8 Å². The Balaban J connectivity index is 2.45. The van der Waals surface area contributed by atoms with Crippen LogP contribution in [0, 0.1) is 0 Å². The van der Waals surface area contributed by atoms with Gasteiger partial charge in [-0.25, -0.2) is 13.2 Å². The van der Waals surface area contributed by atoms with E-state index in [4.69, 9.17) is 5.11 Å². The molecule has 1 aromatic rings. The molecular formula is C12H16O4S2. The molecule has 0 radical (unpaired) electrons. The first kappa shape index (κ1) is 15.0. The number of sulfone groups is 1. The molecule has 0 saturated heterocycles. The second-order valence-corrected chi connectivity index (χ2v) is 7.41. The molecule has 1 aromatic carbocycles. The second kappa shape index (κ2) is 6.80. The molecule has 1 N–H and O–H groups in total. The Morgan fingerprint density at radius 1 is 1.39 bits per heavy atom. The lowest BCUT2D eigenvalue weighted by atomic mass is 10.2. The highest BCUT2D eigenvalue weighted by Gasteiger charge is 2.07. The Morgan fingerprint density at radius 3 is 2.72 bits per heavy atom. The summed E-state index contributed by atoms with van der Waals surface area (Å²) in [6.07, 6.45) is 0.581. The average molecular weight is 288 g/mol. The van der Waals surface area contributed by atoms with Crippen LogP contribution in [0.5, 0.6) is 0 Å². The highest BCUT2D eigenvalue weighted by atomic mass is 32.2. The Kier molecular flexibility index (Phi) is 5.68. The number of benzene rings is 1. The zero-order valence-corrected chi connectivity index (χ0v) is 11.8. The first-order valence-electron chi connectivity index (χ1n) is 5.61. The van der Waals surface area contributed by atoms with Crippen molar-refractivity contribution in [3.63, 3.8) is 0 Å². The summed E-state index contributed by atoms with van der Waals surface area (Å²) in [6.45, 7) is 1.64. The van der Waals surface area contributed by atoms with Crippen LogP contribution in [0.15, 0.2) is 29.2 Å². The maximum absolute atomic E-state index is 11.3. The summed E-state index contributed by atoms with van der Waals surface area (Å²) in [5.74, 6) is 0.0786. The van der Waals surface area contributed by atoms with Crippen molar-refractivity contribution < 1.29 is 18.3 Å². The molecule has 0 saturated carbocycles. The third-order valence-corrected chi connectivity index (χ3v) is 5.26. The first-order valence-corrected chi connectivity index (χ1v) is 8.42. The summed E-state index contributed by atoms with van der Waals surface area (Å²) in [5, 5.41) is 8.83. The van der Waals surface area contributed by atoms with Gasteiger partial charge in [0.2, 0.25) is 0 Å². The van der Waals surface area contributed by atoms with E-state index in [1.54, 1.807) is 19.1 Å². The van der Waals surface area contributed by atoms with Crippen molar-refractivity contribution in [2.24, 2.45) is 0 Å². The molecular weight excluding hydrogens is 272 g/mol. The fourth-order valence-electron chi connectivity index (χ4n) is 1.33. The van der Waals surface area contributed by atoms with Gasteiger partial charge in [0, 0.05) is 10.6 Å². The molecule has 1 rings (SSSR count). The van der Waals surface area contributed by atoms with Gasteiger partial charge in [-0.05, 0) is 30.4 Å². The van der Waals surface area contributed by atoms with E-state index in [-0.39, 0.29) is 17.1 Å². The van der Waals surface area contributed by atoms with Gasteiger partial charge in [-0.15, -0.1) is 11.8 Å². The predicted octanol–water partition coefficient (Wildman–Crippen LogP) is 2.30. The van der Waals surface area contributed by atoms with Crippen LogP contribution in [0.4, 0.5) is 0 Å². The van der Waals surface area contributed by atoms with Gasteiger partial charge in [-0.1, -0.05) is 13.0 Å². The summed E-state index contributed by atoms with van der Waals surface area (Å²) < 4.78 is 22.5. The topological polar surface area (TPSA) is 71.4 Å². The molecule has 4 nitrogen and oxygen atoms in total. The van der Waals surface area contributed by atoms with Gasteiger partial charge in [0.25, 0.3) is 0 Å². The van der Waals surface area contributed by atoms with Gasteiger partial charge in [0.1, 0.15) is 9.84 Å². The van der Waals surface area contributed by atoms with E-state index in [2.05, 4.69) is 0 Å². The number of carboxylic acids is 1. The van der Waals surface area contributed by atoms with Gasteiger partial charge < -0.3 is 5.11 Å². The maximum Gasteiger partial charge on any atom is 0.335 e. The van der Waals surface area contributed by atoms with Gasteiger partial charge in [-0.3, -0.25) is 0 Å². The lowest BCUT2D eigenvalue weighted by Crippen LogP contribution is -2.09. The minimum Gasteiger partial charge on any atom is -0.478 e. The SMILES string of the molecule is CCS(=O)(=O)CCCSc1cccc(C(=O)O)c1. The normalized spacial score (nSPS) is 11.4. The van der Waals surface area contributed by atoms with Gasteiger partial charge >= 0.3 is 5.97 Å². The molecule has 0 aliphatic carbocycles. The summed E-state index contributed by atoms with van der Waals surface area (Å²) >= 11 is 1.48. The lowest BCUT2D eigenvalue weighted by molar-refractivity contribution is 0.0696. The molecule has 0 atom stereocenters. The molecule has 18 heavy (non-hydrogen) atoms. The molecule has 0 spiro atoms. The van der Waals surface area contributed by atoms with Crippen molar-refractivity contribution >= 4 is 27.6 Å². The molecule has 0 aliphatic rings. The lowest BCUT2D eigenvalue weighted by Gasteiger charge is -2.03. The number of thioether (sulfide) groups is 1. The summed E-state index contributed by atoms with van der Waals surface area (Å²) in [6, 6.07) is 6.65. The van der Waals surface area contributed by atoms with E-state index in [0.717, 1.165) is 4.90 Å². The average Bonchev–Trinajstić information content (AvgIpc) is 2.35. The number of carboxylic acid groups (broad SMARTS) is 1. The fourth-order valence-corrected chi connectivity index (χ4v) is 3.30. The Hall–Kier alpha value is -1.01. The van der Waals surface area contributed by atoms with E-state index >= 15 is 0 Å². The van der Waals surface area contributed by atoms with Gasteiger partial charge in [0.15, 0.2) is 0 Å². The van der Waals surface area contributed by atoms with Crippen LogP contribution in [0.2, 0.25) is 0 Å². The van der Waals surface area contributed by atoms with Crippen molar-refractivity contribution in [3.8, 4) is 0 Å². The predicted molar refractivity (Wildman–Crippen MR) is 73.1 cm³/mol. The Bertz CT molecular complexity index is 509. The van der Waals surface area contributed by atoms with Crippen molar-refractivity contribution in [1.29, 1.82) is 0 Å². The quantitative estimate of drug-likeness (QED) is 0.615. The van der Waals surface area contributed by atoms with Crippen LogP contribution in [-0.4, -0.2) is 36.8 Å². The minimum absolute atomic E-state index is 0.173. The van der Waals surface area contributed by atoms with Crippen LogP contribution >= 0.6 is 11.8 Å². The third kappa shape index (κ3) is 5.10. The van der Waals surface area contributed by atoms with E-state index in [0.29, 0.717) is 12.2 Å². The van der Waals surface area contributed by atoms with Crippen LogP contribution in [0.3, 0.4) is 0 Å². The molecule has 0 aromatic heterocycles.